The molecular formula is C19H28O3. The summed E-state index contributed by atoms with van der Waals surface area (Å²) in [5.41, 5.74) is 2.36. The first-order valence-corrected chi connectivity index (χ1v) is 7.19. The summed E-state index contributed by atoms with van der Waals surface area (Å²) in [6, 6.07) is 20.1. The second-order valence-electron chi connectivity index (χ2n) is 3.87. The molecule has 22 heavy (non-hydrogen) atoms. The van der Waals surface area contributed by atoms with Gasteiger partial charge in [0.2, 0.25) is 0 Å². The van der Waals surface area contributed by atoms with E-state index in [1.165, 1.54) is 5.56 Å². The van der Waals surface area contributed by atoms with E-state index in [2.05, 4.69) is 19.1 Å². The third-order valence-corrected chi connectivity index (χ3v) is 2.44. The first-order valence-electron chi connectivity index (χ1n) is 7.19. The monoisotopic (exact) mass is 304 g/mol. The molecule has 122 valence electrons. The third-order valence-electron chi connectivity index (χ3n) is 2.44. The van der Waals surface area contributed by atoms with Crippen LogP contribution in [0, 0.1) is 6.92 Å². The van der Waals surface area contributed by atoms with Crippen LogP contribution in [0.25, 0.3) is 0 Å². The number of hydrogen-bond donors (Lipinski definition) is 0. The number of benzene rings is 2. The fraction of sp³-hybridized carbons (Fsp3) is 0.316. The van der Waals surface area contributed by atoms with E-state index in [4.69, 9.17) is 14.3 Å². The lowest BCUT2D eigenvalue weighted by atomic mass is 10.2. The molecule has 0 heterocycles. The van der Waals surface area contributed by atoms with Gasteiger partial charge in [0.15, 0.2) is 6.29 Å². The zero-order valence-corrected chi connectivity index (χ0v) is 14.3. The highest BCUT2D eigenvalue weighted by Gasteiger charge is 2.05. The SMILES string of the molecule is C=O.CC.COC(OC)c1ccccc1.Cc1ccccc1. The Balaban J connectivity index is 0. The molecule has 2 aromatic carbocycles. The minimum atomic E-state index is -0.240. The topological polar surface area (TPSA) is 35.5 Å². The molecular weight excluding hydrogens is 276 g/mol. The molecule has 0 radical (unpaired) electrons. The van der Waals surface area contributed by atoms with Crippen molar-refractivity contribution in [3.8, 4) is 0 Å². The van der Waals surface area contributed by atoms with E-state index in [9.17, 15) is 0 Å². The first-order chi connectivity index (χ1) is 10.8. The molecule has 0 unspecified atom stereocenters. The Bertz CT molecular complexity index is 425. The van der Waals surface area contributed by atoms with E-state index < -0.39 is 0 Å². The van der Waals surface area contributed by atoms with Gasteiger partial charge in [0, 0.05) is 19.8 Å². The van der Waals surface area contributed by atoms with Crippen molar-refractivity contribution >= 4 is 6.79 Å². The van der Waals surface area contributed by atoms with Crippen LogP contribution in [0.3, 0.4) is 0 Å². The van der Waals surface area contributed by atoms with E-state index in [0.29, 0.717) is 0 Å². The largest absolute Gasteiger partial charge is 0.352 e. The lowest BCUT2D eigenvalue weighted by Crippen LogP contribution is -2.02. The van der Waals surface area contributed by atoms with Gasteiger partial charge in [-0.1, -0.05) is 80.1 Å². The van der Waals surface area contributed by atoms with Crippen LogP contribution in [-0.4, -0.2) is 21.0 Å². The molecule has 3 heteroatoms. The molecule has 0 amide bonds. The zero-order chi connectivity index (χ0) is 17.2. The summed E-state index contributed by atoms with van der Waals surface area (Å²) < 4.78 is 10.1. The van der Waals surface area contributed by atoms with E-state index in [1.807, 2.05) is 69.2 Å². The average molecular weight is 304 g/mol. The van der Waals surface area contributed by atoms with Crippen molar-refractivity contribution in [2.45, 2.75) is 27.1 Å². The van der Waals surface area contributed by atoms with Crippen LogP contribution >= 0.6 is 0 Å². The van der Waals surface area contributed by atoms with Crippen molar-refractivity contribution in [2.75, 3.05) is 14.2 Å². The molecule has 0 aliphatic rings. The van der Waals surface area contributed by atoms with Crippen LogP contribution in [0.4, 0.5) is 0 Å². The Labute approximate surface area is 134 Å². The van der Waals surface area contributed by atoms with Crippen molar-refractivity contribution in [1.82, 2.24) is 0 Å². The number of ether oxygens (including phenoxy) is 2. The van der Waals surface area contributed by atoms with Gasteiger partial charge in [0.1, 0.15) is 6.79 Å². The number of hydrogen-bond acceptors (Lipinski definition) is 3. The van der Waals surface area contributed by atoms with Crippen LogP contribution < -0.4 is 0 Å². The summed E-state index contributed by atoms with van der Waals surface area (Å²) in [7, 11) is 3.25. The maximum absolute atomic E-state index is 8.00. The quantitative estimate of drug-likeness (QED) is 0.763. The van der Waals surface area contributed by atoms with Gasteiger partial charge < -0.3 is 14.3 Å². The van der Waals surface area contributed by atoms with E-state index in [-0.39, 0.29) is 6.29 Å². The third kappa shape index (κ3) is 10.8. The van der Waals surface area contributed by atoms with Crippen LogP contribution in [0.15, 0.2) is 60.7 Å². The molecule has 0 spiro atoms. The lowest BCUT2D eigenvalue weighted by Gasteiger charge is -2.12. The fourth-order valence-corrected chi connectivity index (χ4v) is 1.51. The molecule has 2 aromatic rings. The van der Waals surface area contributed by atoms with Gasteiger partial charge in [-0.15, -0.1) is 0 Å². The van der Waals surface area contributed by atoms with Gasteiger partial charge in [0.25, 0.3) is 0 Å². The first kappa shape index (κ1) is 22.3. The highest BCUT2D eigenvalue weighted by Crippen LogP contribution is 2.15. The van der Waals surface area contributed by atoms with Crippen LogP contribution in [0.1, 0.15) is 31.3 Å². The molecule has 2 rings (SSSR count). The maximum atomic E-state index is 8.00. The standard InChI is InChI=1S/C9H12O2.C7H8.C2H6.CH2O/c1-10-9(11-2)8-6-4-3-5-7-8;1-7-5-3-2-4-6-7;2*1-2/h3-7,9H,1-2H3;2-6H,1H3;1-2H3;1H2. The maximum Gasteiger partial charge on any atom is 0.183 e. The predicted molar refractivity (Wildman–Crippen MR) is 92.8 cm³/mol. The number of carbonyl (C=O) groups excluding carboxylic acids is 1. The summed E-state index contributed by atoms with van der Waals surface area (Å²) >= 11 is 0. The number of aryl methyl sites for hydroxylation is 1. The summed E-state index contributed by atoms with van der Waals surface area (Å²) in [4.78, 5) is 8.00. The summed E-state index contributed by atoms with van der Waals surface area (Å²) in [5, 5.41) is 0. The van der Waals surface area contributed by atoms with Crippen molar-refractivity contribution in [3.63, 3.8) is 0 Å². The Hall–Kier alpha value is -1.97. The number of rotatable bonds is 3. The molecule has 0 fully saturated rings. The molecule has 0 saturated heterocycles. The van der Waals surface area contributed by atoms with E-state index in [0.717, 1.165) is 5.56 Å². The van der Waals surface area contributed by atoms with Crippen LogP contribution in [0.5, 0.6) is 0 Å². The van der Waals surface area contributed by atoms with E-state index in [1.54, 1.807) is 14.2 Å². The van der Waals surface area contributed by atoms with Crippen molar-refractivity contribution < 1.29 is 14.3 Å². The van der Waals surface area contributed by atoms with Crippen LogP contribution in [-0.2, 0) is 14.3 Å². The van der Waals surface area contributed by atoms with E-state index >= 15 is 0 Å². The highest BCUT2D eigenvalue weighted by atomic mass is 16.7. The van der Waals surface area contributed by atoms with Crippen molar-refractivity contribution in [1.29, 1.82) is 0 Å². The zero-order valence-electron chi connectivity index (χ0n) is 14.3. The van der Waals surface area contributed by atoms with Crippen molar-refractivity contribution in [2.24, 2.45) is 0 Å². The van der Waals surface area contributed by atoms with Gasteiger partial charge in [-0.2, -0.15) is 0 Å². The molecule has 0 atom stereocenters. The van der Waals surface area contributed by atoms with Gasteiger partial charge in [0.05, 0.1) is 0 Å². The van der Waals surface area contributed by atoms with Gasteiger partial charge in [-0.3, -0.25) is 0 Å². The molecule has 0 N–H and O–H groups in total. The second kappa shape index (κ2) is 17.1. The van der Waals surface area contributed by atoms with Gasteiger partial charge in [-0.05, 0) is 6.92 Å². The summed E-state index contributed by atoms with van der Waals surface area (Å²) in [6.45, 7) is 8.08. The molecule has 0 aliphatic heterocycles. The molecule has 0 aliphatic carbocycles. The molecule has 0 aromatic heterocycles. The average Bonchev–Trinajstić information content (AvgIpc) is 2.62. The normalized spacial score (nSPS) is 8.45. The summed E-state index contributed by atoms with van der Waals surface area (Å²) in [5.74, 6) is 0. The number of methoxy groups -OCH3 is 2. The molecule has 0 saturated carbocycles. The Morgan fingerprint density at radius 1 is 0.773 bits per heavy atom. The van der Waals surface area contributed by atoms with Crippen LogP contribution in [0.2, 0.25) is 0 Å². The minimum absolute atomic E-state index is 0.240. The fourth-order valence-electron chi connectivity index (χ4n) is 1.51. The Kier molecular flexibility index (Phi) is 17.3. The molecule has 3 nitrogen and oxygen atoms in total. The Morgan fingerprint density at radius 3 is 1.41 bits per heavy atom. The summed E-state index contributed by atoms with van der Waals surface area (Å²) in [6.07, 6.45) is -0.240. The minimum Gasteiger partial charge on any atom is -0.352 e. The highest BCUT2D eigenvalue weighted by molar-refractivity contribution is 5.15. The Morgan fingerprint density at radius 2 is 1.14 bits per heavy atom. The van der Waals surface area contributed by atoms with Crippen molar-refractivity contribution in [3.05, 3.63) is 71.8 Å². The number of carbonyl (C=O) groups is 1. The van der Waals surface area contributed by atoms with Gasteiger partial charge >= 0.3 is 0 Å². The second-order valence-corrected chi connectivity index (χ2v) is 3.87. The smallest absolute Gasteiger partial charge is 0.183 e. The predicted octanol–water partition coefficient (Wildman–Crippen LogP) is 4.81. The molecule has 0 bridgehead atoms. The van der Waals surface area contributed by atoms with Gasteiger partial charge in [-0.25, -0.2) is 0 Å². The lowest BCUT2D eigenvalue weighted by molar-refractivity contribution is -0.106.